The minimum atomic E-state index is -0.836. The van der Waals surface area contributed by atoms with Gasteiger partial charge in [0.05, 0.1) is 12.2 Å². The number of benzene rings is 1. The molecule has 0 saturated carbocycles. The minimum Gasteiger partial charge on any atom is -0.481 e. The molecule has 0 saturated heterocycles. The highest BCUT2D eigenvalue weighted by molar-refractivity contribution is 8.00. The first-order valence-corrected chi connectivity index (χ1v) is 7.70. The molecule has 2 N–H and O–H groups in total. The van der Waals surface area contributed by atoms with Crippen LogP contribution in [0.4, 0.5) is 5.69 Å². The third-order valence-corrected chi connectivity index (χ3v) is 4.13. The summed E-state index contributed by atoms with van der Waals surface area (Å²) in [7, 11) is 0. The summed E-state index contributed by atoms with van der Waals surface area (Å²) in [6.07, 6.45) is 0.933. The highest BCUT2D eigenvalue weighted by atomic mass is 32.2. The number of hydrogen-bond acceptors (Lipinski definition) is 3. The second-order valence-corrected chi connectivity index (χ2v) is 6.16. The van der Waals surface area contributed by atoms with Crippen molar-refractivity contribution in [3.63, 3.8) is 0 Å². The average molecular weight is 295 g/mol. The molecule has 0 fully saturated rings. The van der Waals surface area contributed by atoms with Crippen molar-refractivity contribution in [2.24, 2.45) is 0 Å². The second-order valence-electron chi connectivity index (χ2n) is 4.73. The van der Waals surface area contributed by atoms with Crippen LogP contribution in [0.3, 0.4) is 0 Å². The van der Waals surface area contributed by atoms with E-state index in [1.807, 2.05) is 39.0 Å². The molecule has 0 aliphatic carbocycles. The lowest BCUT2D eigenvalue weighted by atomic mass is 10.1. The van der Waals surface area contributed by atoms with Crippen LogP contribution in [0, 0.1) is 6.92 Å². The summed E-state index contributed by atoms with van der Waals surface area (Å²) < 4.78 is 0. The van der Waals surface area contributed by atoms with Crippen LogP contribution in [0.1, 0.15) is 31.4 Å². The van der Waals surface area contributed by atoms with Crippen LogP contribution in [0.15, 0.2) is 18.2 Å². The predicted molar refractivity (Wildman–Crippen MR) is 83.4 cm³/mol. The Morgan fingerprint density at radius 1 is 1.40 bits per heavy atom. The van der Waals surface area contributed by atoms with E-state index in [0.29, 0.717) is 0 Å². The van der Waals surface area contributed by atoms with Crippen molar-refractivity contribution < 1.29 is 14.7 Å². The number of aryl methyl sites for hydroxylation is 2. The Balaban J connectivity index is 2.57. The van der Waals surface area contributed by atoms with Gasteiger partial charge in [-0.15, -0.1) is 11.8 Å². The number of amides is 1. The first-order valence-electron chi connectivity index (χ1n) is 6.65. The highest BCUT2D eigenvalue weighted by Crippen LogP contribution is 2.22. The summed E-state index contributed by atoms with van der Waals surface area (Å²) in [5.41, 5.74) is 3.04. The molecule has 1 rings (SSSR count). The van der Waals surface area contributed by atoms with Gasteiger partial charge in [0, 0.05) is 10.9 Å². The van der Waals surface area contributed by atoms with Crippen molar-refractivity contribution in [3.8, 4) is 0 Å². The molecule has 1 aromatic carbocycles. The molecule has 4 nitrogen and oxygen atoms in total. The van der Waals surface area contributed by atoms with E-state index in [4.69, 9.17) is 5.11 Å². The van der Waals surface area contributed by atoms with Gasteiger partial charge < -0.3 is 10.4 Å². The second kappa shape index (κ2) is 7.94. The zero-order chi connectivity index (χ0) is 15.1. The molecule has 0 radical (unpaired) electrons. The zero-order valence-corrected chi connectivity index (χ0v) is 12.9. The van der Waals surface area contributed by atoms with E-state index < -0.39 is 5.97 Å². The molecule has 0 aliphatic rings. The fraction of sp³-hybridized carbons (Fsp3) is 0.467. The monoisotopic (exact) mass is 295 g/mol. The Morgan fingerprint density at radius 2 is 2.10 bits per heavy atom. The maximum Gasteiger partial charge on any atom is 0.304 e. The van der Waals surface area contributed by atoms with Crippen LogP contribution in [0.5, 0.6) is 0 Å². The van der Waals surface area contributed by atoms with Gasteiger partial charge in [-0.05, 0) is 24.5 Å². The van der Waals surface area contributed by atoms with Crippen molar-refractivity contribution in [1.82, 2.24) is 0 Å². The molecule has 5 heteroatoms. The predicted octanol–water partition coefficient (Wildman–Crippen LogP) is 3.09. The molecule has 20 heavy (non-hydrogen) atoms. The summed E-state index contributed by atoms with van der Waals surface area (Å²) >= 11 is 1.36. The number of nitrogens with one attached hydrogen (secondary N) is 1. The van der Waals surface area contributed by atoms with Gasteiger partial charge in [-0.1, -0.05) is 32.0 Å². The summed E-state index contributed by atoms with van der Waals surface area (Å²) in [6, 6.07) is 5.95. The topological polar surface area (TPSA) is 66.4 Å². The number of anilines is 1. The fourth-order valence-corrected chi connectivity index (χ4v) is 2.67. The molecule has 0 aliphatic heterocycles. The van der Waals surface area contributed by atoms with Crippen molar-refractivity contribution in [2.45, 2.75) is 38.9 Å². The maximum atomic E-state index is 11.9. The van der Waals surface area contributed by atoms with E-state index in [9.17, 15) is 9.59 Å². The van der Waals surface area contributed by atoms with Gasteiger partial charge in [-0.3, -0.25) is 9.59 Å². The number of carbonyl (C=O) groups is 2. The number of carboxylic acids is 1. The normalized spacial score (nSPS) is 11.9. The first kappa shape index (κ1) is 16.6. The quantitative estimate of drug-likeness (QED) is 0.811. The molecule has 0 bridgehead atoms. The first-order chi connectivity index (χ1) is 9.43. The summed E-state index contributed by atoms with van der Waals surface area (Å²) in [5.74, 6) is -0.653. The van der Waals surface area contributed by atoms with E-state index in [-0.39, 0.29) is 23.3 Å². The van der Waals surface area contributed by atoms with E-state index in [2.05, 4.69) is 5.32 Å². The van der Waals surface area contributed by atoms with Gasteiger partial charge in [0.2, 0.25) is 5.91 Å². The van der Waals surface area contributed by atoms with Crippen molar-refractivity contribution >= 4 is 29.3 Å². The molecule has 0 aromatic heterocycles. The van der Waals surface area contributed by atoms with E-state index in [1.54, 1.807) is 0 Å². The molecule has 0 heterocycles. The van der Waals surface area contributed by atoms with Crippen LogP contribution in [0.2, 0.25) is 0 Å². The third kappa shape index (κ3) is 5.25. The van der Waals surface area contributed by atoms with Gasteiger partial charge in [0.25, 0.3) is 0 Å². The number of thioether (sulfide) groups is 1. The van der Waals surface area contributed by atoms with Gasteiger partial charge in [0.15, 0.2) is 0 Å². The number of para-hydroxylation sites is 1. The molecule has 0 spiro atoms. The Bertz CT molecular complexity index is 488. The van der Waals surface area contributed by atoms with E-state index in [1.165, 1.54) is 11.8 Å². The highest BCUT2D eigenvalue weighted by Gasteiger charge is 2.12. The standard InChI is InChI=1S/C15H21NO3S/c1-4-12-7-5-6-10(2)15(12)16-13(17)9-20-11(3)8-14(18)19/h5-7,11H,4,8-9H2,1-3H3,(H,16,17)(H,18,19). The lowest BCUT2D eigenvalue weighted by molar-refractivity contribution is -0.136. The third-order valence-electron chi connectivity index (χ3n) is 2.97. The SMILES string of the molecule is CCc1cccc(C)c1NC(=O)CSC(C)CC(=O)O. The van der Waals surface area contributed by atoms with Crippen molar-refractivity contribution in [3.05, 3.63) is 29.3 Å². The van der Waals surface area contributed by atoms with Gasteiger partial charge in [0.1, 0.15) is 0 Å². The van der Waals surface area contributed by atoms with Gasteiger partial charge in [-0.25, -0.2) is 0 Å². The Hall–Kier alpha value is -1.49. The van der Waals surface area contributed by atoms with Crippen LogP contribution in [-0.4, -0.2) is 28.0 Å². The number of carboxylic acid groups (broad SMARTS) is 1. The smallest absolute Gasteiger partial charge is 0.304 e. The summed E-state index contributed by atoms with van der Waals surface area (Å²) in [4.78, 5) is 22.5. The molecule has 110 valence electrons. The Morgan fingerprint density at radius 3 is 2.70 bits per heavy atom. The average Bonchev–Trinajstić information content (AvgIpc) is 2.38. The van der Waals surface area contributed by atoms with Gasteiger partial charge >= 0.3 is 5.97 Å². The minimum absolute atomic E-state index is 0.0687. The van der Waals surface area contributed by atoms with Crippen molar-refractivity contribution in [1.29, 1.82) is 0 Å². The number of carbonyl (C=O) groups excluding carboxylic acids is 1. The van der Waals surface area contributed by atoms with Crippen LogP contribution >= 0.6 is 11.8 Å². The molecule has 1 amide bonds. The molecule has 1 aromatic rings. The Kier molecular flexibility index (Phi) is 6.58. The molecule has 1 unspecified atom stereocenters. The van der Waals surface area contributed by atoms with Gasteiger partial charge in [-0.2, -0.15) is 0 Å². The van der Waals surface area contributed by atoms with Crippen LogP contribution in [0.25, 0.3) is 0 Å². The summed E-state index contributed by atoms with van der Waals surface area (Å²) in [6.45, 7) is 5.83. The number of aliphatic carboxylic acids is 1. The summed E-state index contributed by atoms with van der Waals surface area (Å²) in [5, 5.41) is 11.5. The largest absolute Gasteiger partial charge is 0.481 e. The van der Waals surface area contributed by atoms with E-state index in [0.717, 1.165) is 23.2 Å². The number of hydrogen-bond donors (Lipinski definition) is 2. The fourth-order valence-electron chi connectivity index (χ4n) is 1.90. The maximum absolute atomic E-state index is 11.9. The Labute approximate surface area is 124 Å². The molecular weight excluding hydrogens is 274 g/mol. The number of rotatable bonds is 7. The van der Waals surface area contributed by atoms with Crippen LogP contribution < -0.4 is 5.32 Å². The lowest BCUT2D eigenvalue weighted by Crippen LogP contribution is -2.18. The van der Waals surface area contributed by atoms with Crippen LogP contribution in [-0.2, 0) is 16.0 Å². The molecular formula is C15H21NO3S. The molecule has 1 atom stereocenters. The zero-order valence-electron chi connectivity index (χ0n) is 12.1. The van der Waals surface area contributed by atoms with E-state index >= 15 is 0 Å². The lowest BCUT2D eigenvalue weighted by Gasteiger charge is -2.14. The van der Waals surface area contributed by atoms with Crippen molar-refractivity contribution in [2.75, 3.05) is 11.1 Å².